The highest BCUT2D eigenvalue weighted by Gasteiger charge is 2.22. The first-order chi connectivity index (χ1) is 12.5. The molecule has 0 atom stereocenters. The molecule has 1 N–H and O–H groups in total. The lowest BCUT2D eigenvalue weighted by atomic mass is 10.1. The minimum absolute atomic E-state index is 0.186. The summed E-state index contributed by atoms with van der Waals surface area (Å²) in [6.45, 7) is 4.80. The summed E-state index contributed by atoms with van der Waals surface area (Å²) in [5, 5.41) is 13.4. The topological polar surface area (TPSA) is 79.5 Å². The van der Waals surface area contributed by atoms with Crippen molar-refractivity contribution < 1.29 is 14.4 Å². The second kappa shape index (κ2) is 7.82. The van der Waals surface area contributed by atoms with E-state index in [0.29, 0.717) is 13.1 Å². The molecule has 0 aliphatic carbocycles. The van der Waals surface area contributed by atoms with Gasteiger partial charge in [0.15, 0.2) is 0 Å². The van der Waals surface area contributed by atoms with Crippen molar-refractivity contribution in [3.8, 4) is 5.75 Å². The Morgan fingerprint density at radius 2 is 1.69 bits per heavy atom. The Morgan fingerprint density at radius 3 is 2.27 bits per heavy atom. The number of rotatable bonds is 6. The van der Waals surface area contributed by atoms with Gasteiger partial charge in [0.25, 0.3) is 5.91 Å². The fourth-order valence-corrected chi connectivity index (χ4v) is 2.55. The molecule has 6 heteroatoms. The van der Waals surface area contributed by atoms with Crippen LogP contribution in [0.25, 0.3) is 0 Å². The van der Waals surface area contributed by atoms with Gasteiger partial charge < -0.3 is 14.5 Å². The summed E-state index contributed by atoms with van der Waals surface area (Å²) in [7, 11) is 0. The molecular formula is C20H21N3O3. The molecule has 3 aromatic rings. The van der Waals surface area contributed by atoms with E-state index in [1.165, 1.54) is 0 Å². The van der Waals surface area contributed by atoms with Gasteiger partial charge in [0.05, 0.1) is 5.69 Å². The Kier molecular flexibility index (Phi) is 5.31. The molecule has 0 fully saturated rings. The third kappa shape index (κ3) is 4.27. The maximum absolute atomic E-state index is 13.0. The van der Waals surface area contributed by atoms with E-state index in [2.05, 4.69) is 10.1 Å². The van der Waals surface area contributed by atoms with E-state index in [1.807, 2.05) is 26.0 Å². The molecule has 26 heavy (non-hydrogen) atoms. The number of nitrogens with zero attached hydrogens (tertiary/aromatic N) is 3. The van der Waals surface area contributed by atoms with Gasteiger partial charge in [-0.25, -0.2) is 0 Å². The Labute approximate surface area is 152 Å². The van der Waals surface area contributed by atoms with Crippen molar-refractivity contribution in [3.63, 3.8) is 0 Å². The highest BCUT2D eigenvalue weighted by Crippen LogP contribution is 2.19. The van der Waals surface area contributed by atoms with Crippen LogP contribution >= 0.6 is 0 Å². The molecule has 0 saturated carbocycles. The lowest BCUT2D eigenvalue weighted by Gasteiger charge is -2.21. The Morgan fingerprint density at radius 1 is 1.08 bits per heavy atom. The number of hydrogen-bond donors (Lipinski definition) is 1. The first-order valence-electron chi connectivity index (χ1n) is 8.45. The number of hydrogen-bond acceptors (Lipinski definition) is 5. The van der Waals surface area contributed by atoms with E-state index in [4.69, 9.17) is 4.52 Å². The van der Waals surface area contributed by atoms with E-state index in [1.54, 1.807) is 47.6 Å². The van der Waals surface area contributed by atoms with Gasteiger partial charge in [-0.3, -0.25) is 9.78 Å². The zero-order chi connectivity index (χ0) is 18.5. The summed E-state index contributed by atoms with van der Waals surface area (Å²) in [6.07, 6.45) is 3.40. The minimum atomic E-state index is -0.228. The summed E-state index contributed by atoms with van der Waals surface area (Å²) < 4.78 is 5.27. The third-order valence-electron chi connectivity index (χ3n) is 4.05. The Balaban J connectivity index is 1.85. The second-order valence-electron chi connectivity index (χ2n) is 6.45. The molecule has 6 nitrogen and oxygen atoms in total. The highest BCUT2D eigenvalue weighted by atomic mass is 16.5. The van der Waals surface area contributed by atoms with Gasteiger partial charge in [0.1, 0.15) is 5.75 Å². The van der Waals surface area contributed by atoms with Crippen LogP contribution in [0.15, 0.2) is 59.4 Å². The molecule has 2 heterocycles. The fraction of sp³-hybridized carbons (Fsp3) is 0.250. The largest absolute Gasteiger partial charge is 0.508 e. The van der Waals surface area contributed by atoms with Crippen LogP contribution in [0.2, 0.25) is 0 Å². The lowest BCUT2D eigenvalue weighted by Crippen LogP contribution is -2.29. The summed E-state index contributed by atoms with van der Waals surface area (Å²) >= 11 is 0. The zero-order valence-electron chi connectivity index (χ0n) is 14.8. The summed E-state index contributed by atoms with van der Waals surface area (Å²) in [6, 6.07) is 12.2. The molecular weight excluding hydrogens is 330 g/mol. The zero-order valence-corrected chi connectivity index (χ0v) is 14.8. The third-order valence-corrected chi connectivity index (χ3v) is 4.05. The van der Waals surface area contributed by atoms with Crippen LogP contribution in [0.3, 0.4) is 0 Å². The number of pyridine rings is 1. The molecule has 3 rings (SSSR count). The maximum atomic E-state index is 13.0. The second-order valence-corrected chi connectivity index (χ2v) is 6.45. The van der Waals surface area contributed by atoms with Crippen LogP contribution in [-0.4, -0.2) is 26.1 Å². The van der Waals surface area contributed by atoms with Crippen molar-refractivity contribution >= 4 is 5.91 Å². The van der Waals surface area contributed by atoms with Gasteiger partial charge in [0.2, 0.25) is 5.76 Å². The number of phenols is 1. The molecule has 0 spiro atoms. The SMILES string of the molecule is CC(C)c1cc(C(=O)N(Cc2ccncc2)Cc2ccc(O)cc2)on1. The van der Waals surface area contributed by atoms with Crippen molar-refractivity contribution in [1.29, 1.82) is 0 Å². The first kappa shape index (κ1) is 17.7. The van der Waals surface area contributed by atoms with Crippen LogP contribution in [0, 0.1) is 0 Å². The van der Waals surface area contributed by atoms with Gasteiger partial charge in [-0.05, 0) is 41.3 Å². The quantitative estimate of drug-likeness (QED) is 0.732. The fourth-order valence-electron chi connectivity index (χ4n) is 2.55. The van der Waals surface area contributed by atoms with Crippen LogP contribution in [0.4, 0.5) is 0 Å². The molecule has 0 aliphatic rings. The molecule has 0 aliphatic heterocycles. The predicted molar refractivity (Wildman–Crippen MR) is 96.5 cm³/mol. The average Bonchev–Trinajstić information content (AvgIpc) is 3.14. The molecule has 0 bridgehead atoms. The molecule has 0 saturated heterocycles. The lowest BCUT2D eigenvalue weighted by molar-refractivity contribution is 0.0687. The number of amides is 1. The number of carbonyl (C=O) groups is 1. The number of aromatic hydroxyl groups is 1. The van der Waals surface area contributed by atoms with E-state index in [-0.39, 0.29) is 23.3 Å². The van der Waals surface area contributed by atoms with Gasteiger partial charge in [-0.2, -0.15) is 0 Å². The normalized spacial score (nSPS) is 10.9. The number of phenolic OH excluding ortho intramolecular Hbond substituents is 1. The van der Waals surface area contributed by atoms with Crippen molar-refractivity contribution in [1.82, 2.24) is 15.0 Å². The standard InChI is InChI=1S/C20H21N3O3/c1-14(2)18-11-19(26-22-18)20(25)23(13-16-7-9-21-10-8-16)12-15-3-5-17(24)6-4-15/h3-11,14,24H,12-13H2,1-2H3. The number of benzene rings is 1. The van der Waals surface area contributed by atoms with E-state index in [0.717, 1.165) is 16.8 Å². The Hall–Kier alpha value is -3.15. The predicted octanol–water partition coefficient (Wildman–Crippen LogP) is 3.74. The molecule has 134 valence electrons. The summed E-state index contributed by atoms with van der Waals surface area (Å²) in [5.41, 5.74) is 2.63. The highest BCUT2D eigenvalue weighted by molar-refractivity contribution is 5.91. The molecule has 1 amide bonds. The van der Waals surface area contributed by atoms with Crippen LogP contribution < -0.4 is 0 Å². The first-order valence-corrected chi connectivity index (χ1v) is 8.45. The van der Waals surface area contributed by atoms with Crippen LogP contribution in [0.5, 0.6) is 5.75 Å². The number of carbonyl (C=O) groups excluding carboxylic acids is 1. The molecule has 1 aromatic carbocycles. The van der Waals surface area contributed by atoms with E-state index in [9.17, 15) is 9.90 Å². The van der Waals surface area contributed by atoms with Crippen molar-refractivity contribution in [3.05, 3.63) is 77.4 Å². The summed E-state index contributed by atoms with van der Waals surface area (Å²) in [4.78, 5) is 18.7. The van der Waals surface area contributed by atoms with Crippen LogP contribution in [0.1, 0.15) is 47.1 Å². The average molecular weight is 351 g/mol. The summed E-state index contributed by atoms with van der Waals surface area (Å²) in [5.74, 6) is 0.374. The Bertz CT molecular complexity index is 858. The van der Waals surface area contributed by atoms with Gasteiger partial charge in [0, 0.05) is 31.5 Å². The van der Waals surface area contributed by atoms with Crippen LogP contribution in [-0.2, 0) is 13.1 Å². The van der Waals surface area contributed by atoms with Crippen molar-refractivity contribution in [2.75, 3.05) is 0 Å². The molecule has 2 aromatic heterocycles. The van der Waals surface area contributed by atoms with Gasteiger partial charge >= 0.3 is 0 Å². The van der Waals surface area contributed by atoms with Gasteiger partial charge in [-0.1, -0.05) is 31.1 Å². The van der Waals surface area contributed by atoms with Crippen molar-refractivity contribution in [2.24, 2.45) is 0 Å². The number of aromatic nitrogens is 2. The van der Waals surface area contributed by atoms with E-state index < -0.39 is 0 Å². The smallest absolute Gasteiger partial charge is 0.293 e. The minimum Gasteiger partial charge on any atom is -0.508 e. The molecule has 0 radical (unpaired) electrons. The maximum Gasteiger partial charge on any atom is 0.293 e. The van der Waals surface area contributed by atoms with Gasteiger partial charge in [-0.15, -0.1) is 0 Å². The monoisotopic (exact) mass is 351 g/mol. The van der Waals surface area contributed by atoms with Crippen molar-refractivity contribution in [2.45, 2.75) is 32.9 Å². The van der Waals surface area contributed by atoms with E-state index >= 15 is 0 Å². The molecule has 0 unspecified atom stereocenters.